The lowest BCUT2D eigenvalue weighted by atomic mass is 10.0. The average molecular weight is 458 g/mol. The SMILES string of the molecule is CCCC(NC(=O)CSc1nnc(-c2cccnc2)n1-c1ccccc1C)c1ccccc1. The van der Waals surface area contributed by atoms with Crippen LogP contribution >= 0.6 is 11.8 Å². The van der Waals surface area contributed by atoms with Gasteiger partial charge in [0.2, 0.25) is 5.91 Å². The molecule has 1 atom stereocenters. The molecule has 168 valence electrons. The van der Waals surface area contributed by atoms with Crippen molar-refractivity contribution in [1.82, 2.24) is 25.1 Å². The minimum absolute atomic E-state index is 0.00416. The molecule has 0 aliphatic heterocycles. The van der Waals surface area contributed by atoms with E-state index in [9.17, 15) is 4.79 Å². The average Bonchev–Trinajstić information content (AvgIpc) is 3.27. The highest BCUT2D eigenvalue weighted by molar-refractivity contribution is 7.99. The summed E-state index contributed by atoms with van der Waals surface area (Å²) in [5, 5.41) is 12.7. The normalized spacial score (nSPS) is 11.8. The van der Waals surface area contributed by atoms with Gasteiger partial charge in [0.1, 0.15) is 0 Å². The first-order chi connectivity index (χ1) is 16.2. The van der Waals surface area contributed by atoms with Gasteiger partial charge >= 0.3 is 0 Å². The lowest BCUT2D eigenvalue weighted by Gasteiger charge is -2.18. The molecule has 33 heavy (non-hydrogen) atoms. The van der Waals surface area contributed by atoms with E-state index < -0.39 is 0 Å². The van der Waals surface area contributed by atoms with Gasteiger partial charge in [0, 0.05) is 18.0 Å². The van der Waals surface area contributed by atoms with Crippen molar-refractivity contribution >= 4 is 17.7 Å². The monoisotopic (exact) mass is 457 g/mol. The van der Waals surface area contributed by atoms with Gasteiger partial charge in [0.15, 0.2) is 11.0 Å². The molecule has 0 saturated heterocycles. The van der Waals surface area contributed by atoms with Crippen molar-refractivity contribution in [2.45, 2.75) is 37.9 Å². The highest BCUT2D eigenvalue weighted by Crippen LogP contribution is 2.29. The summed E-state index contributed by atoms with van der Waals surface area (Å²) < 4.78 is 2.00. The molecule has 0 aliphatic carbocycles. The van der Waals surface area contributed by atoms with Crippen molar-refractivity contribution in [3.8, 4) is 17.1 Å². The van der Waals surface area contributed by atoms with E-state index in [1.54, 1.807) is 12.4 Å². The molecule has 0 aliphatic rings. The maximum Gasteiger partial charge on any atom is 0.230 e. The van der Waals surface area contributed by atoms with Crippen LogP contribution in [0.4, 0.5) is 0 Å². The van der Waals surface area contributed by atoms with Crippen LogP contribution in [0.3, 0.4) is 0 Å². The van der Waals surface area contributed by atoms with Crippen LogP contribution in [-0.2, 0) is 4.79 Å². The Morgan fingerprint density at radius 1 is 1.03 bits per heavy atom. The number of para-hydroxylation sites is 1. The molecule has 0 fully saturated rings. The third-order valence-electron chi connectivity index (χ3n) is 5.36. The van der Waals surface area contributed by atoms with Crippen LogP contribution in [0, 0.1) is 6.92 Å². The molecular formula is C26H27N5OS. The number of pyridine rings is 1. The van der Waals surface area contributed by atoms with E-state index in [1.807, 2.05) is 53.1 Å². The fourth-order valence-corrected chi connectivity index (χ4v) is 4.50. The Balaban J connectivity index is 1.56. The summed E-state index contributed by atoms with van der Waals surface area (Å²) in [6.07, 6.45) is 5.39. The van der Waals surface area contributed by atoms with E-state index in [2.05, 4.69) is 52.5 Å². The van der Waals surface area contributed by atoms with E-state index in [1.165, 1.54) is 11.8 Å². The number of carbonyl (C=O) groups excluding carboxylic acids is 1. The number of hydrogen-bond donors (Lipinski definition) is 1. The zero-order chi connectivity index (χ0) is 23.0. The summed E-state index contributed by atoms with van der Waals surface area (Å²) in [5.74, 6) is 0.933. The predicted molar refractivity (Wildman–Crippen MR) is 132 cm³/mol. The first kappa shape index (κ1) is 22.7. The largest absolute Gasteiger partial charge is 0.349 e. The topological polar surface area (TPSA) is 72.7 Å². The van der Waals surface area contributed by atoms with Crippen LogP contribution in [-0.4, -0.2) is 31.4 Å². The lowest BCUT2D eigenvalue weighted by molar-refractivity contribution is -0.119. The quantitative estimate of drug-likeness (QED) is 0.341. The fraction of sp³-hybridized carbons (Fsp3) is 0.231. The van der Waals surface area contributed by atoms with Crippen LogP contribution in [0.15, 0.2) is 84.3 Å². The molecule has 4 aromatic rings. The zero-order valence-corrected chi connectivity index (χ0v) is 19.6. The molecule has 6 nitrogen and oxygen atoms in total. The van der Waals surface area contributed by atoms with Crippen LogP contribution in [0.1, 0.15) is 36.9 Å². The van der Waals surface area contributed by atoms with Gasteiger partial charge in [-0.3, -0.25) is 14.3 Å². The van der Waals surface area contributed by atoms with Crippen LogP contribution in [0.25, 0.3) is 17.1 Å². The second-order valence-electron chi connectivity index (χ2n) is 7.78. The molecule has 1 amide bonds. The van der Waals surface area contributed by atoms with Gasteiger partial charge in [-0.1, -0.05) is 73.6 Å². The first-order valence-corrected chi connectivity index (χ1v) is 12.0. The second kappa shape index (κ2) is 10.9. The summed E-state index contributed by atoms with van der Waals surface area (Å²) in [6, 6.07) is 22.0. The van der Waals surface area contributed by atoms with E-state index in [-0.39, 0.29) is 17.7 Å². The Morgan fingerprint density at radius 2 is 1.82 bits per heavy atom. The van der Waals surface area contributed by atoms with E-state index in [0.717, 1.165) is 35.2 Å². The Kier molecular flexibility index (Phi) is 7.52. The Morgan fingerprint density at radius 3 is 2.55 bits per heavy atom. The van der Waals surface area contributed by atoms with Gasteiger partial charge in [-0.25, -0.2) is 0 Å². The Labute approximate surface area is 198 Å². The van der Waals surface area contributed by atoms with Gasteiger partial charge in [0.25, 0.3) is 0 Å². The maximum absolute atomic E-state index is 12.9. The summed E-state index contributed by atoms with van der Waals surface area (Å²) in [4.78, 5) is 17.1. The smallest absolute Gasteiger partial charge is 0.230 e. The number of aromatic nitrogens is 4. The summed E-state index contributed by atoms with van der Waals surface area (Å²) in [7, 11) is 0. The van der Waals surface area contributed by atoms with Crippen LogP contribution in [0.2, 0.25) is 0 Å². The number of carbonyl (C=O) groups is 1. The molecule has 2 aromatic heterocycles. The van der Waals surface area contributed by atoms with Gasteiger partial charge < -0.3 is 5.32 Å². The molecule has 0 saturated carbocycles. The lowest BCUT2D eigenvalue weighted by Crippen LogP contribution is -2.30. The number of nitrogens with one attached hydrogen (secondary N) is 1. The van der Waals surface area contributed by atoms with Crippen molar-refractivity contribution in [2.24, 2.45) is 0 Å². The third kappa shape index (κ3) is 5.49. The molecule has 0 spiro atoms. The van der Waals surface area contributed by atoms with Crippen molar-refractivity contribution in [3.05, 3.63) is 90.3 Å². The highest BCUT2D eigenvalue weighted by Gasteiger charge is 2.20. The number of rotatable bonds is 9. The standard InChI is InChI=1S/C26H27N5OS/c1-3-10-22(20-12-5-4-6-13-20)28-24(32)18-33-26-30-29-25(21-14-9-16-27-17-21)31(26)23-15-8-7-11-19(23)2/h4-9,11-17,22H,3,10,18H2,1-2H3,(H,28,32). The number of aryl methyl sites for hydroxylation is 1. The van der Waals surface area contributed by atoms with Gasteiger partial charge in [-0.2, -0.15) is 0 Å². The number of amides is 1. The minimum Gasteiger partial charge on any atom is -0.349 e. The second-order valence-corrected chi connectivity index (χ2v) is 8.72. The van der Waals surface area contributed by atoms with Crippen molar-refractivity contribution in [1.29, 1.82) is 0 Å². The number of hydrogen-bond acceptors (Lipinski definition) is 5. The van der Waals surface area contributed by atoms with Gasteiger partial charge in [0.05, 0.1) is 17.5 Å². The summed E-state index contributed by atoms with van der Waals surface area (Å²) in [5.41, 5.74) is 4.08. The maximum atomic E-state index is 12.9. The predicted octanol–water partition coefficient (Wildman–Crippen LogP) is 5.39. The molecule has 2 heterocycles. The molecule has 4 rings (SSSR count). The Hall–Kier alpha value is -3.45. The van der Waals surface area contributed by atoms with E-state index >= 15 is 0 Å². The van der Waals surface area contributed by atoms with Crippen molar-refractivity contribution in [2.75, 3.05) is 5.75 Å². The molecule has 2 aromatic carbocycles. The summed E-state index contributed by atoms with van der Waals surface area (Å²) >= 11 is 1.39. The van der Waals surface area contributed by atoms with Crippen molar-refractivity contribution in [3.63, 3.8) is 0 Å². The number of benzene rings is 2. The van der Waals surface area contributed by atoms with E-state index in [4.69, 9.17) is 0 Å². The molecule has 7 heteroatoms. The van der Waals surface area contributed by atoms with Crippen molar-refractivity contribution < 1.29 is 4.79 Å². The van der Waals surface area contributed by atoms with Gasteiger partial charge in [-0.15, -0.1) is 10.2 Å². The highest BCUT2D eigenvalue weighted by atomic mass is 32.2. The number of nitrogens with zero attached hydrogens (tertiary/aromatic N) is 4. The fourth-order valence-electron chi connectivity index (χ4n) is 3.74. The summed E-state index contributed by atoms with van der Waals surface area (Å²) in [6.45, 7) is 4.18. The van der Waals surface area contributed by atoms with E-state index in [0.29, 0.717) is 11.0 Å². The van der Waals surface area contributed by atoms with Crippen LogP contribution < -0.4 is 5.32 Å². The van der Waals surface area contributed by atoms with Gasteiger partial charge in [-0.05, 0) is 42.7 Å². The third-order valence-corrected chi connectivity index (χ3v) is 6.29. The number of thioether (sulfide) groups is 1. The molecule has 0 bridgehead atoms. The minimum atomic E-state index is -0.0236. The first-order valence-electron chi connectivity index (χ1n) is 11.1. The van der Waals surface area contributed by atoms with Crippen LogP contribution in [0.5, 0.6) is 0 Å². The molecule has 0 radical (unpaired) electrons. The molecular weight excluding hydrogens is 430 g/mol. The molecule has 1 unspecified atom stereocenters. The molecule has 1 N–H and O–H groups in total. The Bertz CT molecular complexity index is 1190. The zero-order valence-electron chi connectivity index (χ0n) is 18.8.